The molecule has 0 N–H and O–H groups in total. The molecule has 0 spiro atoms. The molecule has 0 aliphatic carbocycles. The van der Waals surface area contributed by atoms with Gasteiger partial charge < -0.3 is 9.47 Å². The number of unbranched alkanes of at least 4 members (excludes halogenated alkanes) is 1. The topological polar surface area (TPSA) is 18.5 Å². The minimum absolute atomic E-state index is 0.298. The number of ether oxygens (including phenoxy) is 2. The average Bonchev–Trinajstić information content (AvgIpc) is 2.20. The molecule has 0 radical (unpaired) electrons. The third-order valence-electron chi connectivity index (χ3n) is 2.74. The highest BCUT2D eigenvalue weighted by Crippen LogP contribution is 2.27. The SMILES string of the molecule is CCCCOCCOCC(CBr)C(C)(C)C. The fraction of sp³-hybridized carbons (Fsp3) is 1.00. The fourth-order valence-electron chi connectivity index (χ4n) is 1.22. The van der Waals surface area contributed by atoms with Crippen LogP contribution in [-0.4, -0.2) is 31.8 Å². The van der Waals surface area contributed by atoms with E-state index in [9.17, 15) is 0 Å². The molecule has 0 aromatic rings. The van der Waals surface area contributed by atoms with Crippen molar-refractivity contribution in [1.82, 2.24) is 0 Å². The lowest BCUT2D eigenvalue weighted by Gasteiger charge is -2.28. The van der Waals surface area contributed by atoms with Gasteiger partial charge in [-0.2, -0.15) is 0 Å². The van der Waals surface area contributed by atoms with Gasteiger partial charge in [-0.1, -0.05) is 50.0 Å². The van der Waals surface area contributed by atoms with Crippen LogP contribution in [0.2, 0.25) is 0 Å². The molecule has 16 heavy (non-hydrogen) atoms. The lowest BCUT2D eigenvalue weighted by atomic mass is 9.83. The van der Waals surface area contributed by atoms with Crippen molar-refractivity contribution in [1.29, 1.82) is 0 Å². The van der Waals surface area contributed by atoms with Crippen molar-refractivity contribution in [3.8, 4) is 0 Å². The first kappa shape index (κ1) is 16.4. The van der Waals surface area contributed by atoms with Crippen molar-refractivity contribution in [2.75, 3.05) is 31.8 Å². The largest absolute Gasteiger partial charge is 0.379 e. The van der Waals surface area contributed by atoms with Crippen LogP contribution in [0.1, 0.15) is 40.5 Å². The Balaban J connectivity index is 3.42. The van der Waals surface area contributed by atoms with Crippen LogP contribution >= 0.6 is 15.9 Å². The molecule has 1 unspecified atom stereocenters. The standard InChI is InChI=1S/C13H27BrO2/c1-5-6-7-15-8-9-16-11-12(10-14)13(2,3)4/h12H,5-11H2,1-4H3. The van der Waals surface area contributed by atoms with Gasteiger partial charge in [0.25, 0.3) is 0 Å². The maximum absolute atomic E-state index is 5.64. The predicted molar refractivity (Wildman–Crippen MR) is 73.3 cm³/mol. The summed E-state index contributed by atoms with van der Waals surface area (Å²) in [5.41, 5.74) is 0.298. The van der Waals surface area contributed by atoms with Gasteiger partial charge >= 0.3 is 0 Å². The van der Waals surface area contributed by atoms with Crippen LogP contribution in [0.5, 0.6) is 0 Å². The molecule has 0 aliphatic heterocycles. The first-order valence-corrected chi connectivity index (χ1v) is 7.36. The minimum atomic E-state index is 0.298. The van der Waals surface area contributed by atoms with Crippen LogP contribution in [0.15, 0.2) is 0 Å². The highest BCUT2D eigenvalue weighted by atomic mass is 79.9. The second-order valence-corrected chi connectivity index (χ2v) is 5.91. The molecule has 98 valence electrons. The number of hydrogen-bond acceptors (Lipinski definition) is 2. The summed E-state index contributed by atoms with van der Waals surface area (Å²) in [6.45, 7) is 12.0. The Morgan fingerprint density at radius 1 is 1.06 bits per heavy atom. The van der Waals surface area contributed by atoms with E-state index in [1.807, 2.05) is 0 Å². The van der Waals surface area contributed by atoms with Crippen molar-refractivity contribution in [3.05, 3.63) is 0 Å². The number of rotatable bonds is 9. The summed E-state index contributed by atoms with van der Waals surface area (Å²) in [5.74, 6) is 0.558. The first-order chi connectivity index (χ1) is 7.52. The predicted octanol–water partition coefficient (Wildman–Crippen LogP) is 3.88. The molecule has 0 heterocycles. The van der Waals surface area contributed by atoms with E-state index in [4.69, 9.17) is 9.47 Å². The van der Waals surface area contributed by atoms with Crippen molar-refractivity contribution in [3.63, 3.8) is 0 Å². The molecule has 0 bridgehead atoms. The second kappa shape index (κ2) is 9.43. The van der Waals surface area contributed by atoms with E-state index < -0.39 is 0 Å². The van der Waals surface area contributed by atoms with Gasteiger partial charge in [-0.15, -0.1) is 0 Å². The van der Waals surface area contributed by atoms with Crippen LogP contribution in [0.25, 0.3) is 0 Å². The van der Waals surface area contributed by atoms with Gasteiger partial charge in [0, 0.05) is 11.9 Å². The Hall–Kier alpha value is 0.400. The molecular weight excluding hydrogens is 268 g/mol. The van der Waals surface area contributed by atoms with Gasteiger partial charge in [-0.3, -0.25) is 0 Å². The smallest absolute Gasteiger partial charge is 0.0700 e. The van der Waals surface area contributed by atoms with Gasteiger partial charge in [-0.05, 0) is 17.8 Å². The summed E-state index contributed by atoms with van der Waals surface area (Å²) in [4.78, 5) is 0. The van der Waals surface area contributed by atoms with E-state index >= 15 is 0 Å². The van der Waals surface area contributed by atoms with Crippen molar-refractivity contribution >= 4 is 15.9 Å². The summed E-state index contributed by atoms with van der Waals surface area (Å²) in [6, 6.07) is 0. The van der Waals surface area contributed by atoms with Crippen LogP contribution < -0.4 is 0 Å². The molecule has 3 heteroatoms. The van der Waals surface area contributed by atoms with Gasteiger partial charge in [0.1, 0.15) is 0 Å². The molecule has 1 atom stereocenters. The zero-order chi connectivity index (χ0) is 12.4. The van der Waals surface area contributed by atoms with Crippen LogP contribution in [0.4, 0.5) is 0 Å². The Kier molecular flexibility index (Phi) is 9.67. The monoisotopic (exact) mass is 294 g/mol. The van der Waals surface area contributed by atoms with Gasteiger partial charge in [-0.25, -0.2) is 0 Å². The number of alkyl halides is 1. The Labute approximate surface area is 109 Å². The maximum Gasteiger partial charge on any atom is 0.0700 e. The highest BCUT2D eigenvalue weighted by molar-refractivity contribution is 9.09. The molecule has 0 aliphatic rings. The van der Waals surface area contributed by atoms with Crippen molar-refractivity contribution in [2.24, 2.45) is 11.3 Å². The molecule has 0 aromatic heterocycles. The summed E-state index contributed by atoms with van der Waals surface area (Å²) in [5, 5.41) is 0.993. The summed E-state index contributed by atoms with van der Waals surface area (Å²) in [6.07, 6.45) is 2.34. The third-order valence-corrected chi connectivity index (χ3v) is 3.53. The van der Waals surface area contributed by atoms with Crippen molar-refractivity contribution < 1.29 is 9.47 Å². The van der Waals surface area contributed by atoms with E-state index in [0.717, 1.165) is 31.6 Å². The normalized spacial score (nSPS) is 14.1. The molecule has 0 rings (SSSR count). The zero-order valence-corrected chi connectivity index (χ0v) is 12.8. The molecule has 0 amide bonds. The minimum Gasteiger partial charge on any atom is -0.379 e. The zero-order valence-electron chi connectivity index (χ0n) is 11.2. The Morgan fingerprint density at radius 2 is 1.69 bits per heavy atom. The Morgan fingerprint density at radius 3 is 2.19 bits per heavy atom. The van der Waals surface area contributed by atoms with Crippen LogP contribution in [-0.2, 0) is 9.47 Å². The quantitative estimate of drug-likeness (QED) is 0.475. The number of hydrogen-bond donors (Lipinski definition) is 0. The third kappa shape index (κ3) is 8.54. The van der Waals surface area contributed by atoms with E-state index in [1.165, 1.54) is 6.42 Å². The van der Waals surface area contributed by atoms with Gasteiger partial charge in [0.15, 0.2) is 0 Å². The second-order valence-electron chi connectivity index (χ2n) is 5.26. The highest BCUT2D eigenvalue weighted by Gasteiger charge is 2.23. The lowest BCUT2D eigenvalue weighted by molar-refractivity contribution is 0.0187. The molecule has 0 saturated heterocycles. The van der Waals surface area contributed by atoms with Crippen LogP contribution in [0, 0.1) is 11.3 Å². The van der Waals surface area contributed by atoms with Crippen molar-refractivity contribution in [2.45, 2.75) is 40.5 Å². The number of halogens is 1. The molecule has 0 aromatic carbocycles. The van der Waals surface area contributed by atoms with Crippen LogP contribution in [0.3, 0.4) is 0 Å². The lowest BCUT2D eigenvalue weighted by Crippen LogP contribution is -2.27. The van der Waals surface area contributed by atoms with Gasteiger partial charge in [0.05, 0.1) is 19.8 Å². The van der Waals surface area contributed by atoms with E-state index in [2.05, 4.69) is 43.6 Å². The summed E-state index contributed by atoms with van der Waals surface area (Å²) >= 11 is 3.54. The Bertz CT molecular complexity index is 155. The summed E-state index contributed by atoms with van der Waals surface area (Å²) < 4.78 is 11.1. The first-order valence-electron chi connectivity index (χ1n) is 6.23. The molecule has 2 nitrogen and oxygen atoms in total. The van der Waals surface area contributed by atoms with E-state index in [1.54, 1.807) is 0 Å². The van der Waals surface area contributed by atoms with Gasteiger partial charge in [0.2, 0.25) is 0 Å². The summed E-state index contributed by atoms with van der Waals surface area (Å²) in [7, 11) is 0. The molecular formula is C13H27BrO2. The fourth-order valence-corrected chi connectivity index (χ4v) is 2.38. The average molecular weight is 295 g/mol. The van der Waals surface area contributed by atoms with E-state index in [0.29, 0.717) is 17.9 Å². The molecule has 0 saturated carbocycles. The van der Waals surface area contributed by atoms with E-state index in [-0.39, 0.29) is 0 Å². The maximum atomic E-state index is 5.64. The molecule has 0 fully saturated rings.